The number of amides is 3. The molecule has 0 spiro atoms. The molecule has 110 valence electrons. The zero-order valence-corrected chi connectivity index (χ0v) is 11.2. The summed E-state index contributed by atoms with van der Waals surface area (Å²) in [6.07, 6.45) is 4.06. The minimum atomic E-state index is -0.565. The zero-order chi connectivity index (χ0) is 14.3. The molecule has 2 aliphatic heterocycles. The first-order valence-electron chi connectivity index (χ1n) is 7.17. The van der Waals surface area contributed by atoms with Crippen LogP contribution in [0.15, 0.2) is 0 Å². The van der Waals surface area contributed by atoms with Crippen LogP contribution in [0.1, 0.15) is 32.1 Å². The van der Waals surface area contributed by atoms with Gasteiger partial charge in [0.2, 0.25) is 5.91 Å². The van der Waals surface area contributed by atoms with Gasteiger partial charge in [0.15, 0.2) is 5.78 Å². The van der Waals surface area contributed by atoms with Crippen molar-refractivity contribution in [2.45, 2.75) is 44.2 Å². The summed E-state index contributed by atoms with van der Waals surface area (Å²) in [5.74, 6) is -0.109. The van der Waals surface area contributed by atoms with Crippen LogP contribution in [0.25, 0.3) is 0 Å². The lowest BCUT2D eigenvalue weighted by atomic mass is 9.82. The first-order chi connectivity index (χ1) is 9.58. The van der Waals surface area contributed by atoms with E-state index in [4.69, 9.17) is 0 Å². The molecule has 7 heteroatoms. The largest absolute Gasteiger partial charge is 0.347 e. The van der Waals surface area contributed by atoms with Crippen molar-refractivity contribution in [1.29, 1.82) is 0 Å². The predicted octanol–water partition coefficient (Wildman–Crippen LogP) is 0.130. The number of nitrogens with one attached hydrogen (secondary N) is 1. The zero-order valence-electron chi connectivity index (χ0n) is 11.2. The minimum Gasteiger partial charge on any atom is -0.347 e. The van der Waals surface area contributed by atoms with Gasteiger partial charge in [-0.1, -0.05) is 6.42 Å². The Balaban J connectivity index is 1.54. The number of carbonyl (C=O) groups is 3. The van der Waals surface area contributed by atoms with Crippen LogP contribution < -0.4 is 5.32 Å². The summed E-state index contributed by atoms with van der Waals surface area (Å²) in [5.41, 5.74) is 0. The number of ketones is 1. The van der Waals surface area contributed by atoms with Gasteiger partial charge in [-0.2, -0.15) is 0 Å². The van der Waals surface area contributed by atoms with E-state index < -0.39 is 12.1 Å². The molecule has 1 saturated carbocycles. The molecular weight excluding hydrogens is 262 g/mol. The highest BCUT2D eigenvalue weighted by atomic mass is 16.5. The second-order valence-corrected chi connectivity index (χ2v) is 5.84. The summed E-state index contributed by atoms with van der Waals surface area (Å²) in [6, 6.07) is -1.29. The van der Waals surface area contributed by atoms with Gasteiger partial charge in [0, 0.05) is 12.5 Å². The molecule has 0 aromatic carbocycles. The Morgan fingerprint density at radius 2 is 2.00 bits per heavy atom. The molecule has 3 aliphatic rings. The summed E-state index contributed by atoms with van der Waals surface area (Å²) in [4.78, 5) is 37.0. The summed E-state index contributed by atoms with van der Waals surface area (Å²) in [6.45, 7) is 0.429. The van der Waals surface area contributed by atoms with Gasteiger partial charge in [-0.25, -0.2) is 9.86 Å². The molecule has 2 N–H and O–H groups in total. The molecule has 20 heavy (non-hydrogen) atoms. The normalized spacial score (nSPS) is 29.4. The molecule has 2 atom stereocenters. The highest BCUT2D eigenvalue weighted by molar-refractivity contribution is 5.92. The molecule has 7 nitrogen and oxygen atoms in total. The van der Waals surface area contributed by atoms with Gasteiger partial charge < -0.3 is 10.2 Å². The molecule has 3 amide bonds. The van der Waals surface area contributed by atoms with E-state index in [-0.39, 0.29) is 30.2 Å². The summed E-state index contributed by atoms with van der Waals surface area (Å²) < 4.78 is 0. The Morgan fingerprint density at radius 1 is 1.25 bits per heavy atom. The minimum absolute atomic E-state index is 0.0499. The van der Waals surface area contributed by atoms with Crippen molar-refractivity contribution >= 4 is 17.7 Å². The van der Waals surface area contributed by atoms with E-state index in [9.17, 15) is 19.6 Å². The van der Waals surface area contributed by atoms with Gasteiger partial charge in [0.05, 0.1) is 12.6 Å². The van der Waals surface area contributed by atoms with Crippen LogP contribution in [-0.4, -0.2) is 58.1 Å². The quantitative estimate of drug-likeness (QED) is 0.717. The third kappa shape index (κ3) is 2.15. The number of Topliss-reactive ketones (excluding diaryl/α,β-unsaturated/α-hetero) is 1. The van der Waals surface area contributed by atoms with Crippen LogP contribution in [0.3, 0.4) is 0 Å². The van der Waals surface area contributed by atoms with Gasteiger partial charge in [0.25, 0.3) is 0 Å². The third-order valence-corrected chi connectivity index (χ3v) is 4.64. The van der Waals surface area contributed by atoms with Crippen molar-refractivity contribution in [2.24, 2.45) is 5.92 Å². The fourth-order valence-corrected chi connectivity index (χ4v) is 3.09. The van der Waals surface area contributed by atoms with E-state index in [1.54, 1.807) is 0 Å². The number of piperidine rings is 1. The van der Waals surface area contributed by atoms with E-state index in [1.165, 1.54) is 4.90 Å². The molecule has 2 bridgehead atoms. The van der Waals surface area contributed by atoms with Crippen LogP contribution in [0.5, 0.6) is 0 Å². The lowest BCUT2D eigenvalue weighted by molar-refractivity contribution is -0.130. The first-order valence-corrected chi connectivity index (χ1v) is 7.17. The number of hydrogen-bond acceptors (Lipinski definition) is 4. The van der Waals surface area contributed by atoms with E-state index >= 15 is 0 Å². The molecular formula is C13H19N3O4. The van der Waals surface area contributed by atoms with Crippen LogP contribution in [-0.2, 0) is 9.59 Å². The summed E-state index contributed by atoms with van der Waals surface area (Å²) in [5, 5.41) is 12.9. The van der Waals surface area contributed by atoms with Gasteiger partial charge in [-0.15, -0.1) is 0 Å². The van der Waals surface area contributed by atoms with Crippen molar-refractivity contribution in [3.05, 3.63) is 0 Å². The van der Waals surface area contributed by atoms with E-state index in [0.717, 1.165) is 19.3 Å². The smallest absolute Gasteiger partial charge is 0.344 e. The fraction of sp³-hybridized carbons (Fsp3) is 0.769. The average Bonchev–Trinajstić information content (AvgIpc) is 2.59. The van der Waals surface area contributed by atoms with Gasteiger partial charge in [-0.05, 0) is 25.7 Å². The molecule has 3 rings (SSSR count). The Bertz CT molecular complexity index is 449. The number of urea groups is 1. The number of hydroxylamine groups is 2. The molecule has 1 aliphatic carbocycles. The molecule has 0 aromatic rings. The van der Waals surface area contributed by atoms with Gasteiger partial charge in [-0.3, -0.25) is 14.8 Å². The SMILES string of the molecule is O=C(CNC(=O)[C@@H]1CC[C@@H]2CN1C(=O)N2O)C1CCC1. The molecule has 2 heterocycles. The van der Waals surface area contributed by atoms with Gasteiger partial charge >= 0.3 is 6.03 Å². The standard InChI is InChI=1S/C13H19N3O4/c17-11(8-2-1-3-8)6-14-12(18)10-5-4-9-7-15(10)13(19)16(9)20/h8-10,20H,1-7H2,(H,14,18)/t9-,10+/m1/s1. The lowest BCUT2D eigenvalue weighted by Crippen LogP contribution is -2.51. The van der Waals surface area contributed by atoms with Crippen molar-refractivity contribution < 1.29 is 19.6 Å². The highest BCUT2D eigenvalue weighted by Gasteiger charge is 2.46. The van der Waals surface area contributed by atoms with E-state index in [0.29, 0.717) is 24.4 Å². The number of carbonyl (C=O) groups excluding carboxylic acids is 3. The first kappa shape index (κ1) is 13.4. The van der Waals surface area contributed by atoms with Crippen molar-refractivity contribution in [2.75, 3.05) is 13.1 Å². The Morgan fingerprint density at radius 3 is 2.65 bits per heavy atom. The van der Waals surface area contributed by atoms with Crippen molar-refractivity contribution in [1.82, 2.24) is 15.3 Å². The Kier molecular flexibility index (Phi) is 3.37. The van der Waals surface area contributed by atoms with Crippen LogP contribution >= 0.6 is 0 Å². The van der Waals surface area contributed by atoms with Crippen molar-refractivity contribution in [3.63, 3.8) is 0 Å². The van der Waals surface area contributed by atoms with Crippen LogP contribution in [0.4, 0.5) is 4.79 Å². The summed E-state index contributed by atoms with van der Waals surface area (Å²) >= 11 is 0. The average molecular weight is 281 g/mol. The predicted molar refractivity (Wildman–Crippen MR) is 67.9 cm³/mol. The number of rotatable bonds is 4. The molecule has 3 fully saturated rings. The number of hydrogen-bond donors (Lipinski definition) is 2. The second kappa shape index (κ2) is 5.05. The van der Waals surface area contributed by atoms with Crippen LogP contribution in [0, 0.1) is 5.92 Å². The van der Waals surface area contributed by atoms with E-state index in [1.807, 2.05) is 0 Å². The molecule has 2 saturated heterocycles. The van der Waals surface area contributed by atoms with Crippen molar-refractivity contribution in [3.8, 4) is 0 Å². The topological polar surface area (TPSA) is 90.0 Å². The maximum atomic E-state index is 12.1. The molecule has 0 aromatic heterocycles. The lowest BCUT2D eigenvalue weighted by Gasteiger charge is -2.29. The van der Waals surface area contributed by atoms with Crippen LogP contribution in [0.2, 0.25) is 0 Å². The third-order valence-electron chi connectivity index (χ3n) is 4.64. The number of fused-ring (bicyclic) bond motifs is 2. The number of nitrogens with zero attached hydrogens (tertiary/aromatic N) is 2. The maximum Gasteiger partial charge on any atom is 0.344 e. The highest BCUT2D eigenvalue weighted by Crippen LogP contribution is 2.29. The fourth-order valence-electron chi connectivity index (χ4n) is 3.09. The molecule has 0 radical (unpaired) electrons. The monoisotopic (exact) mass is 281 g/mol. The molecule has 0 unspecified atom stereocenters. The Labute approximate surface area is 116 Å². The maximum absolute atomic E-state index is 12.1. The van der Waals surface area contributed by atoms with E-state index in [2.05, 4.69) is 5.32 Å². The Hall–Kier alpha value is -1.63. The summed E-state index contributed by atoms with van der Waals surface area (Å²) in [7, 11) is 0. The van der Waals surface area contributed by atoms with Gasteiger partial charge in [0.1, 0.15) is 6.04 Å². The second-order valence-electron chi connectivity index (χ2n) is 5.84.